The molecule has 0 amide bonds. The minimum absolute atomic E-state index is 0.0688. The van der Waals surface area contributed by atoms with Crippen molar-refractivity contribution < 1.29 is 18.3 Å². The summed E-state index contributed by atoms with van der Waals surface area (Å²) < 4.78 is 36.6. The summed E-state index contributed by atoms with van der Waals surface area (Å²) in [6.07, 6.45) is -2.43. The fourth-order valence-corrected chi connectivity index (χ4v) is 1.48. The highest BCUT2D eigenvalue weighted by atomic mass is 19.4. The Balaban J connectivity index is 2.87. The third-order valence-electron chi connectivity index (χ3n) is 2.12. The van der Waals surface area contributed by atoms with Gasteiger partial charge in [-0.05, 0) is 31.3 Å². The van der Waals surface area contributed by atoms with Crippen LogP contribution in [-0.2, 0) is 0 Å². The first-order valence-electron chi connectivity index (χ1n) is 3.94. The zero-order valence-electron chi connectivity index (χ0n) is 6.62. The summed E-state index contributed by atoms with van der Waals surface area (Å²) in [4.78, 5) is 0. The van der Waals surface area contributed by atoms with Crippen LogP contribution in [0.4, 0.5) is 13.2 Å². The van der Waals surface area contributed by atoms with Gasteiger partial charge in [-0.2, -0.15) is 13.2 Å². The van der Waals surface area contributed by atoms with Crippen molar-refractivity contribution in [1.82, 2.24) is 0 Å². The van der Waals surface area contributed by atoms with E-state index in [2.05, 4.69) is 0 Å². The molecule has 1 rings (SSSR count). The van der Waals surface area contributed by atoms with Crippen molar-refractivity contribution in [3.05, 3.63) is 11.1 Å². The van der Waals surface area contributed by atoms with Crippen molar-refractivity contribution in [2.45, 2.75) is 31.9 Å². The van der Waals surface area contributed by atoms with Gasteiger partial charge in [0.2, 0.25) is 0 Å². The molecule has 1 nitrogen and oxygen atoms in total. The molecule has 1 aliphatic carbocycles. The number of rotatable bonds is 1. The molecular formula is C8H11F3O. The molecule has 0 unspecified atom stereocenters. The molecular weight excluding hydrogens is 169 g/mol. The van der Waals surface area contributed by atoms with E-state index >= 15 is 0 Å². The van der Waals surface area contributed by atoms with E-state index in [0.717, 1.165) is 6.42 Å². The predicted octanol–water partition coefficient (Wildman–Crippen LogP) is 2.41. The Morgan fingerprint density at radius 3 is 2.17 bits per heavy atom. The molecule has 0 aromatic carbocycles. The van der Waals surface area contributed by atoms with Gasteiger partial charge in [0.05, 0.1) is 6.61 Å². The zero-order valence-corrected chi connectivity index (χ0v) is 6.62. The van der Waals surface area contributed by atoms with Crippen molar-refractivity contribution in [2.24, 2.45) is 0 Å². The Morgan fingerprint density at radius 1 is 1.17 bits per heavy atom. The Morgan fingerprint density at radius 2 is 1.75 bits per heavy atom. The fourth-order valence-electron chi connectivity index (χ4n) is 1.48. The molecule has 0 heterocycles. The molecule has 0 radical (unpaired) electrons. The summed E-state index contributed by atoms with van der Waals surface area (Å²) in [5.74, 6) is 0. The van der Waals surface area contributed by atoms with Gasteiger partial charge < -0.3 is 5.11 Å². The van der Waals surface area contributed by atoms with E-state index in [4.69, 9.17) is 5.11 Å². The fraction of sp³-hybridized carbons (Fsp3) is 0.750. The maximum absolute atomic E-state index is 12.2. The molecule has 0 bridgehead atoms. The van der Waals surface area contributed by atoms with Crippen LogP contribution in [-0.4, -0.2) is 17.9 Å². The Labute approximate surface area is 68.9 Å². The van der Waals surface area contributed by atoms with Crippen LogP contribution < -0.4 is 0 Å². The van der Waals surface area contributed by atoms with Crippen LogP contribution in [0.3, 0.4) is 0 Å². The predicted molar refractivity (Wildman–Crippen MR) is 38.6 cm³/mol. The Bertz CT molecular complexity index is 193. The third-order valence-corrected chi connectivity index (χ3v) is 2.12. The molecule has 0 saturated heterocycles. The van der Waals surface area contributed by atoms with Gasteiger partial charge in [-0.15, -0.1) is 0 Å². The normalized spacial score (nSPS) is 20.0. The van der Waals surface area contributed by atoms with Gasteiger partial charge >= 0.3 is 6.18 Å². The number of aliphatic hydroxyl groups is 1. The third kappa shape index (κ3) is 2.00. The van der Waals surface area contributed by atoms with Crippen molar-refractivity contribution in [1.29, 1.82) is 0 Å². The lowest BCUT2D eigenvalue weighted by Crippen LogP contribution is -2.18. The summed E-state index contributed by atoms with van der Waals surface area (Å²) in [6, 6.07) is 0. The van der Waals surface area contributed by atoms with Crippen LogP contribution in [0.15, 0.2) is 11.1 Å². The molecule has 1 N–H and O–H groups in total. The van der Waals surface area contributed by atoms with E-state index < -0.39 is 18.4 Å². The maximum Gasteiger partial charge on any atom is 0.412 e. The second-order valence-corrected chi connectivity index (χ2v) is 2.95. The highest BCUT2D eigenvalue weighted by Gasteiger charge is 2.36. The van der Waals surface area contributed by atoms with Gasteiger partial charge in [0.25, 0.3) is 0 Å². The van der Waals surface area contributed by atoms with Crippen LogP contribution >= 0.6 is 0 Å². The molecule has 0 fully saturated rings. The Hall–Kier alpha value is -0.510. The quantitative estimate of drug-likeness (QED) is 0.614. The lowest BCUT2D eigenvalue weighted by Gasteiger charge is -2.20. The number of halogens is 3. The van der Waals surface area contributed by atoms with Gasteiger partial charge in [-0.25, -0.2) is 0 Å². The average Bonchev–Trinajstić information content (AvgIpc) is 2.03. The monoisotopic (exact) mass is 180 g/mol. The SMILES string of the molecule is OCC1=C(C(F)(F)F)CCCC1. The van der Waals surface area contributed by atoms with Crippen molar-refractivity contribution in [3.8, 4) is 0 Å². The number of hydrogen-bond acceptors (Lipinski definition) is 1. The van der Waals surface area contributed by atoms with Crippen molar-refractivity contribution in [2.75, 3.05) is 6.61 Å². The second-order valence-electron chi connectivity index (χ2n) is 2.95. The van der Waals surface area contributed by atoms with E-state index in [1.54, 1.807) is 0 Å². The van der Waals surface area contributed by atoms with E-state index in [-0.39, 0.29) is 12.0 Å². The number of allylic oxidation sites excluding steroid dienone is 1. The number of hydrogen-bond donors (Lipinski definition) is 1. The van der Waals surface area contributed by atoms with Gasteiger partial charge in [0, 0.05) is 5.57 Å². The average molecular weight is 180 g/mol. The van der Waals surface area contributed by atoms with E-state index in [1.165, 1.54) is 0 Å². The first-order valence-corrected chi connectivity index (χ1v) is 3.94. The summed E-state index contributed by atoms with van der Waals surface area (Å²) in [5, 5.41) is 8.67. The molecule has 12 heavy (non-hydrogen) atoms. The summed E-state index contributed by atoms with van der Waals surface area (Å²) in [5.41, 5.74) is -0.329. The van der Waals surface area contributed by atoms with Gasteiger partial charge in [0.15, 0.2) is 0 Å². The lowest BCUT2D eigenvalue weighted by atomic mass is 9.92. The summed E-state index contributed by atoms with van der Waals surface area (Å²) in [7, 11) is 0. The number of aliphatic hydroxyl groups excluding tert-OH is 1. The highest BCUT2D eigenvalue weighted by Crippen LogP contribution is 2.36. The molecule has 0 atom stereocenters. The topological polar surface area (TPSA) is 20.2 Å². The summed E-state index contributed by atoms with van der Waals surface area (Å²) >= 11 is 0. The molecule has 0 aromatic heterocycles. The first-order chi connectivity index (χ1) is 5.55. The van der Waals surface area contributed by atoms with Crippen LogP contribution in [0.25, 0.3) is 0 Å². The standard InChI is InChI=1S/C8H11F3O/c9-8(10,11)7-4-2-1-3-6(7)5-12/h12H,1-5H2. The molecule has 1 aliphatic rings. The van der Waals surface area contributed by atoms with Crippen LogP contribution in [0, 0.1) is 0 Å². The van der Waals surface area contributed by atoms with Crippen molar-refractivity contribution >= 4 is 0 Å². The van der Waals surface area contributed by atoms with E-state index in [9.17, 15) is 13.2 Å². The Kier molecular flexibility index (Phi) is 2.77. The first kappa shape index (κ1) is 9.58. The molecule has 4 heteroatoms. The molecule has 0 saturated carbocycles. The second kappa shape index (κ2) is 3.47. The van der Waals surface area contributed by atoms with Crippen LogP contribution in [0.2, 0.25) is 0 Å². The van der Waals surface area contributed by atoms with Crippen LogP contribution in [0.1, 0.15) is 25.7 Å². The number of alkyl halides is 3. The van der Waals surface area contributed by atoms with Gasteiger partial charge in [-0.3, -0.25) is 0 Å². The smallest absolute Gasteiger partial charge is 0.392 e. The molecule has 70 valence electrons. The van der Waals surface area contributed by atoms with Crippen LogP contribution in [0.5, 0.6) is 0 Å². The lowest BCUT2D eigenvalue weighted by molar-refractivity contribution is -0.0964. The molecule has 0 spiro atoms. The zero-order chi connectivity index (χ0) is 9.19. The van der Waals surface area contributed by atoms with E-state index in [1.807, 2.05) is 0 Å². The maximum atomic E-state index is 12.2. The summed E-state index contributed by atoms with van der Waals surface area (Å²) in [6.45, 7) is -0.450. The largest absolute Gasteiger partial charge is 0.412 e. The minimum atomic E-state index is -4.24. The minimum Gasteiger partial charge on any atom is -0.392 e. The van der Waals surface area contributed by atoms with Crippen molar-refractivity contribution in [3.63, 3.8) is 0 Å². The highest BCUT2D eigenvalue weighted by molar-refractivity contribution is 5.21. The van der Waals surface area contributed by atoms with Gasteiger partial charge in [0.1, 0.15) is 0 Å². The molecule has 0 aliphatic heterocycles. The molecule has 0 aromatic rings. The van der Waals surface area contributed by atoms with E-state index in [0.29, 0.717) is 12.8 Å². The van der Waals surface area contributed by atoms with Gasteiger partial charge in [-0.1, -0.05) is 0 Å².